The first kappa shape index (κ1) is 14.0. The lowest BCUT2D eigenvalue weighted by Crippen LogP contribution is -2.30. The lowest BCUT2D eigenvalue weighted by Gasteiger charge is -2.19. The number of nitrogens with zero attached hydrogens (tertiary/aromatic N) is 2. The van der Waals surface area contributed by atoms with Gasteiger partial charge in [0, 0.05) is 6.54 Å². The molecule has 5 nitrogen and oxygen atoms in total. The predicted octanol–water partition coefficient (Wildman–Crippen LogP) is 1.85. The Balaban J connectivity index is 2.88. The maximum absolute atomic E-state index is 5.65. The number of nitrogens with two attached hydrogens (primary N) is 1. The van der Waals surface area contributed by atoms with Crippen LogP contribution in [0.1, 0.15) is 45.3 Å². The van der Waals surface area contributed by atoms with Crippen LogP contribution in [0.5, 0.6) is 5.75 Å². The standard InChI is InChI=1S/C12H24N4O/c1-5-16-12(11(17-4)8-14-16)10(15-13)7-6-9(2)3/h8-10,15H,5-7,13H2,1-4H3. The van der Waals surface area contributed by atoms with Gasteiger partial charge in [0.25, 0.3) is 0 Å². The molecule has 0 aliphatic heterocycles. The van der Waals surface area contributed by atoms with E-state index in [-0.39, 0.29) is 6.04 Å². The summed E-state index contributed by atoms with van der Waals surface area (Å²) in [6, 6.07) is 0.0924. The fraction of sp³-hybridized carbons (Fsp3) is 0.750. The van der Waals surface area contributed by atoms with E-state index in [4.69, 9.17) is 10.6 Å². The van der Waals surface area contributed by atoms with Gasteiger partial charge in [-0.1, -0.05) is 13.8 Å². The maximum Gasteiger partial charge on any atom is 0.161 e. The van der Waals surface area contributed by atoms with Gasteiger partial charge in [-0.15, -0.1) is 0 Å². The van der Waals surface area contributed by atoms with Gasteiger partial charge in [0.2, 0.25) is 0 Å². The molecule has 1 atom stereocenters. The van der Waals surface area contributed by atoms with Gasteiger partial charge < -0.3 is 4.74 Å². The Morgan fingerprint density at radius 1 is 1.47 bits per heavy atom. The number of methoxy groups -OCH3 is 1. The molecule has 0 aliphatic rings. The topological polar surface area (TPSA) is 65.1 Å². The lowest BCUT2D eigenvalue weighted by atomic mass is 10.0. The highest BCUT2D eigenvalue weighted by Crippen LogP contribution is 2.28. The second-order valence-corrected chi connectivity index (χ2v) is 4.60. The number of hydrogen-bond acceptors (Lipinski definition) is 4. The van der Waals surface area contributed by atoms with Crippen LogP contribution in [0.15, 0.2) is 6.20 Å². The Morgan fingerprint density at radius 3 is 2.65 bits per heavy atom. The molecule has 0 bridgehead atoms. The molecule has 1 aromatic rings. The quantitative estimate of drug-likeness (QED) is 0.564. The van der Waals surface area contributed by atoms with Gasteiger partial charge in [0.1, 0.15) is 0 Å². The minimum Gasteiger partial charge on any atom is -0.493 e. The van der Waals surface area contributed by atoms with Crippen molar-refractivity contribution < 1.29 is 4.74 Å². The molecule has 0 spiro atoms. The molecule has 0 fully saturated rings. The summed E-state index contributed by atoms with van der Waals surface area (Å²) in [5.41, 5.74) is 3.91. The van der Waals surface area contributed by atoms with Crippen molar-refractivity contribution in [3.8, 4) is 5.75 Å². The van der Waals surface area contributed by atoms with Gasteiger partial charge in [-0.25, -0.2) is 0 Å². The molecule has 3 N–H and O–H groups in total. The number of aromatic nitrogens is 2. The van der Waals surface area contributed by atoms with Crippen molar-refractivity contribution in [1.29, 1.82) is 0 Å². The van der Waals surface area contributed by atoms with Crippen LogP contribution in [0.2, 0.25) is 0 Å². The molecule has 1 rings (SSSR count). The summed E-state index contributed by atoms with van der Waals surface area (Å²) in [5, 5.41) is 4.30. The highest BCUT2D eigenvalue weighted by Gasteiger charge is 2.20. The van der Waals surface area contributed by atoms with Crippen molar-refractivity contribution >= 4 is 0 Å². The normalized spacial score (nSPS) is 13.1. The summed E-state index contributed by atoms with van der Waals surface area (Å²) < 4.78 is 7.27. The van der Waals surface area contributed by atoms with Crippen molar-refractivity contribution in [2.75, 3.05) is 7.11 Å². The fourth-order valence-electron chi connectivity index (χ4n) is 1.94. The average molecular weight is 240 g/mol. The van der Waals surface area contributed by atoms with E-state index < -0.39 is 0 Å². The highest BCUT2D eigenvalue weighted by molar-refractivity contribution is 5.28. The van der Waals surface area contributed by atoms with Gasteiger partial charge in [-0.3, -0.25) is 16.0 Å². The van der Waals surface area contributed by atoms with Gasteiger partial charge in [0.05, 0.1) is 25.0 Å². The van der Waals surface area contributed by atoms with Crippen molar-refractivity contribution in [2.24, 2.45) is 11.8 Å². The monoisotopic (exact) mass is 240 g/mol. The molecule has 0 radical (unpaired) electrons. The maximum atomic E-state index is 5.65. The Labute approximate surface area is 103 Å². The van der Waals surface area contributed by atoms with Crippen LogP contribution in [-0.2, 0) is 6.54 Å². The zero-order valence-electron chi connectivity index (χ0n) is 11.2. The molecule has 17 heavy (non-hydrogen) atoms. The van der Waals surface area contributed by atoms with Crippen LogP contribution in [-0.4, -0.2) is 16.9 Å². The molecule has 1 heterocycles. The first-order valence-electron chi connectivity index (χ1n) is 6.19. The smallest absolute Gasteiger partial charge is 0.161 e. The average Bonchev–Trinajstić information content (AvgIpc) is 2.72. The molecular weight excluding hydrogens is 216 g/mol. The third-order valence-corrected chi connectivity index (χ3v) is 2.93. The summed E-state index contributed by atoms with van der Waals surface area (Å²) in [4.78, 5) is 0. The zero-order valence-corrected chi connectivity index (χ0v) is 11.2. The van der Waals surface area contributed by atoms with E-state index >= 15 is 0 Å². The summed E-state index contributed by atoms with van der Waals surface area (Å²) in [5.74, 6) is 7.12. The van der Waals surface area contributed by atoms with Crippen molar-refractivity contribution in [3.05, 3.63) is 11.9 Å². The summed E-state index contributed by atoms with van der Waals surface area (Å²) in [6.45, 7) is 7.30. The minimum absolute atomic E-state index is 0.0924. The van der Waals surface area contributed by atoms with Crippen LogP contribution in [0.25, 0.3) is 0 Å². The van der Waals surface area contributed by atoms with E-state index in [0.717, 1.165) is 30.8 Å². The van der Waals surface area contributed by atoms with Crippen LogP contribution < -0.4 is 16.0 Å². The number of ether oxygens (including phenoxy) is 1. The molecule has 0 amide bonds. The Kier molecular flexibility index (Phi) is 5.44. The van der Waals surface area contributed by atoms with Gasteiger partial charge in [0.15, 0.2) is 5.75 Å². The van der Waals surface area contributed by atoms with Crippen molar-refractivity contribution in [2.45, 2.75) is 46.2 Å². The number of aryl methyl sites for hydroxylation is 1. The molecule has 0 saturated carbocycles. The van der Waals surface area contributed by atoms with Gasteiger partial charge in [-0.05, 0) is 25.7 Å². The number of hydrazine groups is 1. The van der Waals surface area contributed by atoms with E-state index in [2.05, 4.69) is 31.3 Å². The van der Waals surface area contributed by atoms with E-state index in [0.29, 0.717) is 5.92 Å². The third kappa shape index (κ3) is 3.44. The Bertz CT molecular complexity index is 314. The van der Waals surface area contributed by atoms with E-state index in [9.17, 15) is 0 Å². The van der Waals surface area contributed by atoms with Crippen molar-refractivity contribution in [3.63, 3.8) is 0 Å². The Hall–Kier alpha value is -1.07. The molecule has 0 saturated heterocycles. The number of hydrogen-bond donors (Lipinski definition) is 2. The molecule has 1 aromatic heterocycles. The molecule has 5 heteroatoms. The minimum atomic E-state index is 0.0924. The van der Waals surface area contributed by atoms with Gasteiger partial charge in [-0.2, -0.15) is 5.10 Å². The molecule has 0 aromatic carbocycles. The zero-order chi connectivity index (χ0) is 12.8. The Morgan fingerprint density at radius 2 is 2.18 bits per heavy atom. The second kappa shape index (κ2) is 6.61. The van der Waals surface area contributed by atoms with Crippen molar-refractivity contribution in [1.82, 2.24) is 15.2 Å². The predicted molar refractivity (Wildman–Crippen MR) is 68.6 cm³/mol. The SMILES string of the molecule is CCn1ncc(OC)c1C(CCC(C)C)NN. The summed E-state index contributed by atoms with van der Waals surface area (Å²) in [6.07, 6.45) is 3.85. The van der Waals surface area contributed by atoms with Crippen LogP contribution in [0.3, 0.4) is 0 Å². The summed E-state index contributed by atoms with van der Waals surface area (Å²) >= 11 is 0. The third-order valence-electron chi connectivity index (χ3n) is 2.93. The van der Waals surface area contributed by atoms with Gasteiger partial charge >= 0.3 is 0 Å². The fourth-order valence-corrected chi connectivity index (χ4v) is 1.94. The largest absolute Gasteiger partial charge is 0.493 e. The van der Waals surface area contributed by atoms with Crippen LogP contribution in [0, 0.1) is 5.92 Å². The van der Waals surface area contributed by atoms with Crippen LogP contribution in [0.4, 0.5) is 0 Å². The summed E-state index contributed by atoms with van der Waals surface area (Å²) in [7, 11) is 1.66. The van der Waals surface area contributed by atoms with E-state index in [1.807, 2.05) is 4.68 Å². The molecular formula is C12H24N4O. The second-order valence-electron chi connectivity index (χ2n) is 4.60. The van der Waals surface area contributed by atoms with E-state index in [1.165, 1.54) is 0 Å². The number of nitrogens with one attached hydrogen (secondary N) is 1. The van der Waals surface area contributed by atoms with E-state index in [1.54, 1.807) is 13.3 Å². The lowest BCUT2D eigenvalue weighted by molar-refractivity contribution is 0.375. The first-order valence-corrected chi connectivity index (χ1v) is 6.19. The molecule has 98 valence electrons. The molecule has 0 aliphatic carbocycles. The first-order chi connectivity index (χ1) is 8.13. The van der Waals surface area contributed by atoms with Crippen LogP contribution >= 0.6 is 0 Å². The number of rotatable bonds is 7. The highest BCUT2D eigenvalue weighted by atomic mass is 16.5. The molecule has 1 unspecified atom stereocenters.